The number of benzene rings is 2. The van der Waals surface area contributed by atoms with E-state index >= 15 is 0 Å². The Kier molecular flexibility index (Phi) is 2.22. The van der Waals surface area contributed by atoms with Gasteiger partial charge in [0.15, 0.2) is 0 Å². The van der Waals surface area contributed by atoms with Crippen LogP contribution < -0.4 is 9.80 Å². The Morgan fingerprint density at radius 2 is 1.17 bits per heavy atom. The molecule has 2 bridgehead atoms. The molecule has 1 saturated heterocycles. The van der Waals surface area contributed by atoms with Gasteiger partial charge in [-0.1, -0.05) is 24.3 Å². The van der Waals surface area contributed by atoms with Crippen LogP contribution in [-0.2, 0) is 0 Å². The van der Waals surface area contributed by atoms with Crippen LogP contribution in [0, 0.1) is 0 Å². The Bertz CT molecular complexity index is 534. The van der Waals surface area contributed by atoms with Crippen LogP contribution in [0.2, 0.25) is 0 Å². The molecule has 0 N–H and O–H groups in total. The first-order chi connectivity index (χ1) is 8.93. The SMILES string of the molecule is c1cc2c3c(cccc3c1)N1CCCN2CCC1. The summed E-state index contributed by atoms with van der Waals surface area (Å²) in [6.45, 7) is 4.79. The molecule has 0 amide bonds. The maximum absolute atomic E-state index is 2.59. The third kappa shape index (κ3) is 1.41. The fraction of sp³-hybridized carbons (Fsp3) is 0.375. The standard InChI is InChI=1S/C16H18N2/c1-5-13-6-2-8-15-16(13)14(7-1)17-9-3-11-18(15)12-4-10-17/h1-2,5-8H,3-4,9-12H2. The Hall–Kier alpha value is -1.70. The van der Waals surface area contributed by atoms with Crippen molar-refractivity contribution in [3.63, 3.8) is 0 Å². The minimum Gasteiger partial charge on any atom is -0.371 e. The summed E-state index contributed by atoms with van der Waals surface area (Å²) in [6, 6.07) is 13.5. The van der Waals surface area contributed by atoms with Crippen LogP contribution in [0.4, 0.5) is 11.4 Å². The van der Waals surface area contributed by atoms with E-state index in [1.54, 1.807) is 0 Å². The molecule has 2 heteroatoms. The molecule has 5 rings (SSSR count). The van der Waals surface area contributed by atoms with Gasteiger partial charge in [0.2, 0.25) is 0 Å². The average Bonchev–Trinajstić information content (AvgIpc) is 2.35. The topological polar surface area (TPSA) is 6.48 Å². The van der Waals surface area contributed by atoms with Gasteiger partial charge in [-0.05, 0) is 30.4 Å². The minimum absolute atomic E-state index is 1.20. The molecule has 0 radical (unpaired) electrons. The quantitative estimate of drug-likeness (QED) is 0.695. The molecule has 18 heavy (non-hydrogen) atoms. The van der Waals surface area contributed by atoms with Crippen molar-refractivity contribution < 1.29 is 0 Å². The maximum atomic E-state index is 2.59. The highest BCUT2D eigenvalue weighted by molar-refractivity contribution is 6.04. The van der Waals surface area contributed by atoms with Crippen LogP contribution in [0.1, 0.15) is 12.8 Å². The van der Waals surface area contributed by atoms with Gasteiger partial charge in [0, 0.05) is 42.9 Å². The van der Waals surface area contributed by atoms with Crippen LogP contribution in [0.5, 0.6) is 0 Å². The molecular weight excluding hydrogens is 220 g/mol. The Morgan fingerprint density at radius 1 is 0.667 bits per heavy atom. The molecule has 92 valence electrons. The summed E-state index contributed by atoms with van der Waals surface area (Å²) in [7, 11) is 0. The number of hydrogen-bond donors (Lipinski definition) is 0. The van der Waals surface area contributed by atoms with Crippen LogP contribution in [0.15, 0.2) is 36.4 Å². The third-order valence-corrected chi connectivity index (χ3v) is 4.25. The van der Waals surface area contributed by atoms with Gasteiger partial charge < -0.3 is 9.80 Å². The average molecular weight is 238 g/mol. The second kappa shape index (κ2) is 3.91. The second-order valence-electron chi connectivity index (χ2n) is 5.33. The Labute approximate surface area is 108 Å². The van der Waals surface area contributed by atoms with E-state index in [0.29, 0.717) is 0 Å². The maximum Gasteiger partial charge on any atom is 0.0466 e. The van der Waals surface area contributed by atoms with Crippen molar-refractivity contribution >= 4 is 22.1 Å². The van der Waals surface area contributed by atoms with Gasteiger partial charge in [-0.2, -0.15) is 0 Å². The van der Waals surface area contributed by atoms with Gasteiger partial charge >= 0.3 is 0 Å². The summed E-state index contributed by atoms with van der Waals surface area (Å²) in [5.41, 5.74) is 2.88. The molecule has 3 aliphatic rings. The number of fused-ring (bicyclic) bond motifs is 4. The Morgan fingerprint density at radius 3 is 1.67 bits per heavy atom. The molecule has 2 nitrogen and oxygen atoms in total. The number of hydrogen-bond acceptors (Lipinski definition) is 2. The summed E-state index contributed by atoms with van der Waals surface area (Å²) < 4.78 is 0. The monoisotopic (exact) mass is 238 g/mol. The molecule has 0 unspecified atom stereocenters. The first kappa shape index (κ1) is 10.2. The lowest BCUT2D eigenvalue weighted by Gasteiger charge is -2.38. The van der Waals surface area contributed by atoms with Crippen LogP contribution >= 0.6 is 0 Å². The van der Waals surface area contributed by atoms with E-state index in [2.05, 4.69) is 46.2 Å². The molecule has 0 atom stereocenters. The minimum atomic E-state index is 1.20. The molecular formula is C16H18N2. The van der Waals surface area contributed by atoms with E-state index in [1.807, 2.05) is 0 Å². The van der Waals surface area contributed by atoms with Gasteiger partial charge in [0.05, 0.1) is 0 Å². The van der Waals surface area contributed by atoms with Gasteiger partial charge in [0.1, 0.15) is 0 Å². The zero-order chi connectivity index (χ0) is 11.9. The van der Waals surface area contributed by atoms with Crippen LogP contribution in [-0.4, -0.2) is 26.2 Å². The van der Waals surface area contributed by atoms with E-state index < -0.39 is 0 Å². The first-order valence-electron chi connectivity index (χ1n) is 6.95. The van der Waals surface area contributed by atoms with Crippen molar-refractivity contribution in [2.75, 3.05) is 36.0 Å². The highest BCUT2D eigenvalue weighted by Crippen LogP contribution is 2.38. The van der Waals surface area contributed by atoms with Crippen LogP contribution in [0.25, 0.3) is 10.8 Å². The van der Waals surface area contributed by atoms with Gasteiger partial charge in [-0.15, -0.1) is 0 Å². The normalized spacial score (nSPS) is 18.7. The molecule has 1 fully saturated rings. The molecule has 0 saturated carbocycles. The summed E-state index contributed by atoms with van der Waals surface area (Å²) in [5.74, 6) is 0. The first-order valence-corrected chi connectivity index (χ1v) is 6.95. The van der Waals surface area contributed by atoms with Crippen LogP contribution in [0.3, 0.4) is 0 Å². The molecule has 0 aliphatic carbocycles. The summed E-state index contributed by atoms with van der Waals surface area (Å²) in [6.07, 6.45) is 2.54. The summed E-state index contributed by atoms with van der Waals surface area (Å²) >= 11 is 0. The molecule has 0 spiro atoms. The predicted octanol–water partition coefficient (Wildman–Crippen LogP) is 3.26. The van der Waals surface area contributed by atoms with E-state index in [0.717, 1.165) is 0 Å². The molecule has 2 aromatic carbocycles. The van der Waals surface area contributed by atoms with Gasteiger partial charge in [-0.25, -0.2) is 0 Å². The van der Waals surface area contributed by atoms with Crippen molar-refractivity contribution in [2.45, 2.75) is 12.8 Å². The number of anilines is 2. The number of rotatable bonds is 0. The van der Waals surface area contributed by atoms with E-state index in [4.69, 9.17) is 0 Å². The van der Waals surface area contributed by atoms with E-state index in [-0.39, 0.29) is 0 Å². The predicted molar refractivity (Wildman–Crippen MR) is 77.6 cm³/mol. The zero-order valence-corrected chi connectivity index (χ0v) is 10.6. The molecule has 2 aromatic rings. The van der Waals surface area contributed by atoms with Crippen molar-refractivity contribution in [1.29, 1.82) is 0 Å². The fourth-order valence-corrected chi connectivity index (χ4v) is 3.44. The highest BCUT2D eigenvalue weighted by atomic mass is 15.2. The number of nitrogens with zero attached hydrogens (tertiary/aromatic N) is 2. The van der Waals surface area contributed by atoms with E-state index in [9.17, 15) is 0 Å². The molecule has 0 aromatic heterocycles. The van der Waals surface area contributed by atoms with Crippen molar-refractivity contribution in [3.05, 3.63) is 36.4 Å². The van der Waals surface area contributed by atoms with E-state index in [1.165, 1.54) is 61.2 Å². The zero-order valence-electron chi connectivity index (χ0n) is 10.6. The largest absolute Gasteiger partial charge is 0.371 e. The highest BCUT2D eigenvalue weighted by Gasteiger charge is 2.22. The van der Waals surface area contributed by atoms with Crippen molar-refractivity contribution in [2.24, 2.45) is 0 Å². The van der Waals surface area contributed by atoms with Gasteiger partial charge in [0.25, 0.3) is 0 Å². The Balaban J connectivity index is 2.09. The third-order valence-electron chi connectivity index (χ3n) is 4.25. The lowest BCUT2D eigenvalue weighted by molar-refractivity contribution is 0.614. The van der Waals surface area contributed by atoms with Gasteiger partial charge in [-0.3, -0.25) is 0 Å². The fourth-order valence-electron chi connectivity index (χ4n) is 3.44. The van der Waals surface area contributed by atoms with Crippen molar-refractivity contribution in [1.82, 2.24) is 0 Å². The summed E-state index contributed by atoms with van der Waals surface area (Å²) in [5, 5.41) is 2.84. The molecule has 3 heterocycles. The van der Waals surface area contributed by atoms with Crippen molar-refractivity contribution in [3.8, 4) is 0 Å². The second-order valence-corrected chi connectivity index (χ2v) is 5.33. The lowest BCUT2D eigenvalue weighted by Crippen LogP contribution is -2.39. The summed E-state index contributed by atoms with van der Waals surface area (Å²) in [4.78, 5) is 5.17. The lowest BCUT2D eigenvalue weighted by atomic mass is 10.0. The smallest absolute Gasteiger partial charge is 0.0466 e. The molecule has 3 aliphatic heterocycles.